The first-order chi connectivity index (χ1) is 17.4. The lowest BCUT2D eigenvalue weighted by molar-refractivity contribution is 0.416. The van der Waals surface area contributed by atoms with Gasteiger partial charge in [-0.3, -0.25) is 9.71 Å². The highest BCUT2D eigenvalue weighted by Crippen LogP contribution is 2.37. The molecule has 0 saturated carbocycles. The van der Waals surface area contributed by atoms with E-state index in [0.29, 0.717) is 22.4 Å². The van der Waals surface area contributed by atoms with Gasteiger partial charge in [0.1, 0.15) is 23.7 Å². The maximum absolute atomic E-state index is 13.7. The van der Waals surface area contributed by atoms with E-state index in [9.17, 15) is 12.8 Å². The number of nitrogens with one attached hydrogen (secondary N) is 1. The molecule has 0 amide bonds. The number of sulfonamides is 1. The number of hydrogen-bond donors (Lipinski definition) is 1. The highest BCUT2D eigenvalue weighted by atomic mass is 32.2. The molecule has 0 radical (unpaired) electrons. The second-order valence-electron chi connectivity index (χ2n) is 8.12. The first-order valence-electron chi connectivity index (χ1n) is 11.0. The smallest absolute Gasteiger partial charge is 0.263 e. The molecule has 2 aromatic heterocycles. The second kappa shape index (κ2) is 9.35. The molecular formula is C27H21FN4O3S. The second-order valence-corrected chi connectivity index (χ2v) is 9.80. The number of nitrogens with zero attached hydrogens (tertiary/aromatic N) is 3. The Bertz CT molecular complexity index is 1690. The number of aromatic nitrogens is 3. The Hall–Kier alpha value is -4.37. The molecule has 0 atom stereocenters. The molecule has 0 bridgehead atoms. The van der Waals surface area contributed by atoms with Crippen molar-refractivity contribution in [3.05, 3.63) is 96.8 Å². The van der Waals surface area contributed by atoms with Gasteiger partial charge in [-0.15, -0.1) is 0 Å². The molecular weight excluding hydrogens is 479 g/mol. The van der Waals surface area contributed by atoms with Crippen LogP contribution < -0.4 is 9.46 Å². The average molecular weight is 501 g/mol. The zero-order chi connectivity index (χ0) is 25.3. The molecule has 0 aliphatic carbocycles. The summed E-state index contributed by atoms with van der Waals surface area (Å²) in [5.74, 6) is 0.522. The van der Waals surface area contributed by atoms with Crippen LogP contribution >= 0.6 is 0 Å². The van der Waals surface area contributed by atoms with Gasteiger partial charge in [-0.1, -0.05) is 18.2 Å². The van der Waals surface area contributed by atoms with Gasteiger partial charge in [0.2, 0.25) is 0 Å². The van der Waals surface area contributed by atoms with E-state index in [1.54, 1.807) is 50.6 Å². The molecule has 36 heavy (non-hydrogen) atoms. The quantitative estimate of drug-likeness (QED) is 0.325. The highest BCUT2D eigenvalue weighted by Gasteiger charge is 2.18. The number of pyridine rings is 1. The lowest BCUT2D eigenvalue weighted by Crippen LogP contribution is -2.13. The summed E-state index contributed by atoms with van der Waals surface area (Å²) >= 11 is 0. The number of rotatable bonds is 6. The number of ether oxygens (including phenoxy) is 1. The van der Waals surface area contributed by atoms with E-state index < -0.39 is 10.0 Å². The predicted molar refractivity (Wildman–Crippen MR) is 137 cm³/mol. The Labute approximate surface area is 207 Å². The lowest BCUT2D eigenvalue weighted by Gasteiger charge is -2.14. The first-order valence-corrected chi connectivity index (χ1v) is 12.5. The molecule has 1 N–H and O–H groups in total. The normalized spacial score (nSPS) is 11.4. The summed E-state index contributed by atoms with van der Waals surface area (Å²) < 4.78 is 47.6. The number of halogens is 1. The van der Waals surface area contributed by atoms with E-state index in [4.69, 9.17) is 4.74 Å². The van der Waals surface area contributed by atoms with Gasteiger partial charge in [-0.25, -0.2) is 22.8 Å². The molecule has 0 fully saturated rings. The van der Waals surface area contributed by atoms with Gasteiger partial charge in [-0.2, -0.15) is 0 Å². The number of fused-ring (bicyclic) bond motifs is 1. The fourth-order valence-electron chi connectivity index (χ4n) is 3.98. The number of aryl methyl sites for hydroxylation is 1. The van der Waals surface area contributed by atoms with Crippen molar-refractivity contribution in [3.63, 3.8) is 0 Å². The van der Waals surface area contributed by atoms with Crippen molar-refractivity contribution in [1.29, 1.82) is 0 Å². The van der Waals surface area contributed by atoms with Crippen LogP contribution in [0, 0.1) is 12.7 Å². The molecule has 0 aliphatic rings. The number of methoxy groups -OCH3 is 1. The Morgan fingerprint density at radius 3 is 2.44 bits per heavy atom. The van der Waals surface area contributed by atoms with E-state index in [2.05, 4.69) is 19.7 Å². The van der Waals surface area contributed by atoms with E-state index in [-0.39, 0.29) is 16.5 Å². The highest BCUT2D eigenvalue weighted by molar-refractivity contribution is 7.92. The number of anilines is 1. The molecule has 5 aromatic rings. The standard InChI is InChI=1S/C27H21FN4O3S/c1-17-13-18(4-8-24(17)28)19-3-6-23(25(15-19)35-2)27-22-7-5-21(14-20(22)9-12-30-27)36(33,34)32-26-10-11-29-16-31-26/h3-16H,1-2H3,(H,29,31,32). The minimum atomic E-state index is -3.85. The number of benzene rings is 3. The van der Waals surface area contributed by atoms with E-state index >= 15 is 0 Å². The maximum atomic E-state index is 13.7. The summed E-state index contributed by atoms with van der Waals surface area (Å²) in [5.41, 5.74) is 3.71. The van der Waals surface area contributed by atoms with E-state index in [1.165, 1.54) is 30.7 Å². The topological polar surface area (TPSA) is 94.1 Å². The van der Waals surface area contributed by atoms with E-state index in [0.717, 1.165) is 22.1 Å². The minimum absolute atomic E-state index is 0.0970. The van der Waals surface area contributed by atoms with Crippen molar-refractivity contribution in [2.75, 3.05) is 11.8 Å². The summed E-state index contributed by atoms with van der Waals surface area (Å²) in [5, 5.41) is 1.47. The van der Waals surface area contributed by atoms with Crippen molar-refractivity contribution >= 4 is 26.6 Å². The van der Waals surface area contributed by atoms with Gasteiger partial charge in [0.25, 0.3) is 10.0 Å². The SMILES string of the molecule is COc1cc(-c2ccc(F)c(C)c2)ccc1-c1nccc2cc(S(=O)(=O)Nc3ccncn3)ccc12. The summed E-state index contributed by atoms with van der Waals surface area (Å²) in [6, 6.07) is 18.7. The fraction of sp³-hybridized carbons (Fsp3) is 0.0741. The van der Waals surface area contributed by atoms with Crippen LogP contribution in [-0.4, -0.2) is 30.5 Å². The molecule has 5 rings (SSSR count). The van der Waals surface area contributed by atoms with Crippen LogP contribution in [-0.2, 0) is 10.0 Å². The van der Waals surface area contributed by atoms with Gasteiger partial charge < -0.3 is 4.74 Å². The molecule has 3 aromatic carbocycles. The maximum Gasteiger partial charge on any atom is 0.263 e. The Morgan fingerprint density at radius 1 is 0.889 bits per heavy atom. The number of hydrogen-bond acceptors (Lipinski definition) is 6. The summed E-state index contributed by atoms with van der Waals surface area (Å²) in [4.78, 5) is 12.4. The summed E-state index contributed by atoms with van der Waals surface area (Å²) in [7, 11) is -2.27. The zero-order valence-electron chi connectivity index (χ0n) is 19.4. The molecule has 0 saturated heterocycles. The molecule has 180 valence electrons. The first kappa shape index (κ1) is 23.4. The summed E-state index contributed by atoms with van der Waals surface area (Å²) in [6.07, 6.45) is 4.35. The molecule has 0 spiro atoms. The molecule has 2 heterocycles. The van der Waals surface area contributed by atoms with Crippen LogP contribution in [0.5, 0.6) is 5.75 Å². The average Bonchev–Trinajstić information content (AvgIpc) is 2.89. The van der Waals surface area contributed by atoms with Crippen LogP contribution in [0.1, 0.15) is 5.56 Å². The van der Waals surface area contributed by atoms with Crippen molar-refractivity contribution in [2.24, 2.45) is 0 Å². The van der Waals surface area contributed by atoms with Crippen molar-refractivity contribution < 1.29 is 17.5 Å². The third-order valence-corrected chi connectivity index (χ3v) is 7.17. The lowest BCUT2D eigenvalue weighted by atomic mass is 9.98. The Kier molecular flexibility index (Phi) is 6.07. The molecule has 0 aliphatic heterocycles. The largest absolute Gasteiger partial charge is 0.496 e. The Balaban J connectivity index is 1.55. The van der Waals surface area contributed by atoms with E-state index in [1.807, 2.05) is 18.2 Å². The van der Waals surface area contributed by atoms with Gasteiger partial charge in [0.15, 0.2) is 0 Å². The van der Waals surface area contributed by atoms with Gasteiger partial charge in [0.05, 0.1) is 17.7 Å². The van der Waals surface area contributed by atoms with Crippen LogP contribution in [0.25, 0.3) is 33.2 Å². The molecule has 9 heteroatoms. The zero-order valence-corrected chi connectivity index (χ0v) is 20.3. The molecule has 7 nitrogen and oxygen atoms in total. The third-order valence-electron chi connectivity index (χ3n) is 5.81. The fourth-order valence-corrected chi connectivity index (χ4v) is 5.02. The van der Waals surface area contributed by atoms with Crippen LogP contribution in [0.2, 0.25) is 0 Å². The van der Waals surface area contributed by atoms with Crippen LogP contribution in [0.15, 0.2) is 90.3 Å². The summed E-state index contributed by atoms with van der Waals surface area (Å²) in [6.45, 7) is 1.72. The van der Waals surface area contributed by atoms with Crippen molar-refractivity contribution in [1.82, 2.24) is 15.0 Å². The third kappa shape index (κ3) is 4.48. The minimum Gasteiger partial charge on any atom is -0.496 e. The van der Waals surface area contributed by atoms with Crippen LogP contribution in [0.4, 0.5) is 10.2 Å². The predicted octanol–water partition coefficient (Wildman–Crippen LogP) is 5.62. The van der Waals surface area contributed by atoms with Gasteiger partial charge in [-0.05, 0) is 77.5 Å². The van der Waals surface area contributed by atoms with Gasteiger partial charge >= 0.3 is 0 Å². The van der Waals surface area contributed by atoms with Crippen LogP contribution in [0.3, 0.4) is 0 Å². The van der Waals surface area contributed by atoms with Crippen molar-refractivity contribution in [2.45, 2.75) is 11.8 Å². The molecule has 0 unspecified atom stereocenters. The van der Waals surface area contributed by atoms with Gasteiger partial charge in [0, 0.05) is 23.3 Å². The van der Waals surface area contributed by atoms with Crippen molar-refractivity contribution in [3.8, 4) is 28.1 Å². The monoisotopic (exact) mass is 500 g/mol. The Morgan fingerprint density at radius 2 is 1.69 bits per heavy atom.